The summed E-state index contributed by atoms with van der Waals surface area (Å²) < 4.78 is 0. The van der Waals surface area contributed by atoms with Crippen LogP contribution in [0.3, 0.4) is 0 Å². The van der Waals surface area contributed by atoms with E-state index in [1.807, 2.05) is 0 Å². The molecule has 0 aromatic heterocycles. The molecule has 2 aliphatic carbocycles. The lowest BCUT2D eigenvalue weighted by molar-refractivity contribution is 0.106. The molecular formula is C15H29NO. The molecule has 2 N–H and O–H groups in total. The highest BCUT2D eigenvalue weighted by molar-refractivity contribution is 4.81. The Morgan fingerprint density at radius 2 is 1.65 bits per heavy atom. The average molecular weight is 239 g/mol. The van der Waals surface area contributed by atoms with Crippen molar-refractivity contribution in [2.75, 3.05) is 6.54 Å². The predicted molar refractivity (Wildman–Crippen MR) is 71.9 cm³/mol. The molecule has 0 bridgehead atoms. The summed E-state index contributed by atoms with van der Waals surface area (Å²) in [6, 6.07) is 0.757. The molecule has 17 heavy (non-hydrogen) atoms. The number of hydrogen-bond donors (Lipinski definition) is 2. The molecule has 2 saturated carbocycles. The zero-order valence-electron chi connectivity index (χ0n) is 11.5. The van der Waals surface area contributed by atoms with Crippen LogP contribution in [0.15, 0.2) is 0 Å². The molecule has 0 amide bonds. The maximum atomic E-state index is 9.49. The summed E-state index contributed by atoms with van der Waals surface area (Å²) >= 11 is 0. The van der Waals surface area contributed by atoms with E-state index in [1.165, 1.54) is 38.6 Å². The first-order valence-electron chi connectivity index (χ1n) is 7.56. The molecular weight excluding hydrogens is 210 g/mol. The van der Waals surface area contributed by atoms with Crippen LogP contribution in [0.1, 0.15) is 58.8 Å². The van der Waals surface area contributed by atoms with Crippen LogP contribution in [0.2, 0.25) is 0 Å². The van der Waals surface area contributed by atoms with Crippen molar-refractivity contribution in [1.29, 1.82) is 0 Å². The molecule has 2 rings (SSSR count). The third kappa shape index (κ3) is 3.96. The molecule has 3 unspecified atom stereocenters. The van der Waals surface area contributed by atoms with Gasteiger partial charge in [-0.2, -0.15) is 0 Å². The second kappa shape index (κ2) is 6.19. The molecule has 100 valence electrons. The largest absolute Gasteiger partial charge is 0.393 e. The first kappa shape index (κ1) is 13.4. The van der Waals surface area contributed by atoms with Crippen LogP contribution >= 0.6 is 0 Å². The zero-order valence-corrected chi connectivity index (χ0v) is 11.5. The van der Waals surface area contributed by atoms with Gasteiger partial charge in [0.1, 0.15) is 0 Å². The minimum atomic E-state index is -0.0122. The first-order valence-corrected chi connectivity index (χ1v) is 7.56. The van der Waals surface area contributed by atoms with E-state index in [0.717, 1.165) is 36.6 Å². The van der Waals surface area contributed by atoms with Gasteiger partial charge in [0.15, 0.2) is 0 Å². The summed E-state index contributed by atoms with van der Waals surface area (Å²) in [5.74, 6) is 2.61. The average Bonchev–Trinajstić information content (AvgIpc) is 2.33. The Balaban J connectivity index is 1.65. The van der Waals surface area contributed by atoms with Crippen LogP contribution in [0.25, 0.3) is 0 Å². The van der Waals surface area contributed by atoms with Crippen LogP contribution < -0.4 is 5.32 Å². The Kier molecular flexibility index (Phi) is 4.87. The van der Waals surface area contributed by atoms with Gasteiger partial charge in [0.2, 0.25) is 0 Å². The van der Waals surface area contributed by atoms with Gasteiger partial charge in [0.25, 0.3) is 0 Å². The molecule has 2 heteroatoms. The maximum Gasteiger partial charge on any atom is 0.0540 e. The molecule has 0 radical (unpaired) electrons. The molecule has 0 aromatic rings. The fraction of sp³-hybridized carbons (Fsp3) is 1.00. The van der Waals surface area contributed by atoms with Gasteiger partial charge in [-0.3, -0.25) is 0 Å². The van der Waals surface area contributed by atoms with Crippen LogP contribution in [-0.2, 0) is 0 Å². The number of rotatable bonds is 3. The lowest BCUT2D eigenvalue weighted by atomic mass is 9.79. The summed E-state index contributed by atoms with van der Waals surface area (Å²) in [7, 11) is 0. The SMILES string of the molecule is CC1CCC(NCC2CCC(O)CC2)CC1C. The Hall–Kier alpha value is -0.0800. The topological polar surface area (TPSA) is 32.3 Å². The highest BCUT2D eigenvalue weighted by Crippen LogP contribution is 2.30. The monoisotopic (exact) mass is 239 g/mol. The molecule has 2 aliphatic rings. The number of hydrogen-bond acceptors (Lipinski definition) is 2. The first-order chi connectivity index (χ1) is 8.15. The van der Waals surface area contributed by atoms with Crippen molar-refractivity contribution in [3.63, 3.8) is 0 Å². The second-order valence-electron chi connectivity index (χ2n) is 6.55. The van der Waals surface area contributed by atoms with E-state index >= 15 is 0 Å². The molecule has 0 spiro atoms. The van der Waals surface area contributed by atoms with Crippen LogP contribution in [0.4, 0.5) is 0 Å². The lowest BCUT2D eigenvalue weighted by Gasteiger charge is -2.34. The van der Waals surface area contributed by atoms with Gasteiger partial charge in [-0.15, -0.1) is 0 Å². The van der Waals surface area contributed by atoms with E-state index < -0.39 is 0 Å². The van der Waals surface area contributed by atoms with Crippen molar-refractivity contribution in [1.82, 2.24) is 5.32 Å². The molecule has 2 nitrogen and oxygen atoms in total. The van der Waals surface area contributed by atoms with Crippen LogP contribution in [0, 0.1) is 17.8 Å². The maximum absolute atomic E-state index is 9.49. The van der Waals surface area contributed by atoms with E-state index in [0.29, 0.717) is 0 Å². The number of aliphatic hydroxyl groups is 1. The fourth-order valence-corrected chi connectivity index (χ4v) is 3.42. The third-order valence-corrected chi connectivity index (χ3v) is 5.11. The second-order valence-corrected chi connectivity index (χ2v) is 6.55. The van der Waals surface area contributed by atoms with Gasteiger partial charge < -0.3 is 10.4 Å². The van der Waals surface area contributed by atoms with Gasteiger partial charge in [-0.25, -0.2) is 0 Å². The molecule has 0 heterocycles. The molecule has 0 aliphatic heterocycles. The Labute approximate surface area is 106 Å². The van der Waals surface area contributed by atoms with Crippen molar-refractivity contribution in [3.8, 4) is 0 Å². The van der Waals surface area contributed by atoms with Gasteiger partial charge >= 0.3 is 0 Å². The zero-order chi connectivity index (χ0) is 12.3. The standard InChI is InChI=1S/C15H29NO/c1-11-3-6-14(9-12(11)2)16-10-13-4-7-15(17)8-5-13/h11-17H,3-10H2,1-2H3. The summed E-state index contributed by atoms with van der Waals surface area (Å²) in [6.07, 6.45) is 8.57. The quantitative estimate of drug-likeness (QED) is 0.793. The molecule has 2 fully saturated rings. The fourth-order valence-electron chi connectivity index (χ4n) is 3.42. The lowest BCUT2D eigenvalue weighted by Crippen LogP contribution is -2.39. The Morgan fingerprint density at radius 1 is 0.941 bits per heavy atom. The minimum absolute atomic E-state index is 0.0122. The van der Waals surface area contributed by atoms with Crippen molar-refractivity contribution in [2.24, 2.45) is 17.8 Å². The van der Waals surface area contributed by atoms with E-state index in [2.05, 4.69) is 19.2 Å². The summed E-state index contributed by atoms with van der Waals surface area (Å²) in [5, 5.41) is 13.3. The van der Waals surface area contributed by atoms with Crippen molar-refractivity contribution in [3.05, 3.63) is 0 Å². The van der Waals surface area contributed by atoms with Crippen molar-refractivity contribution < 1.29 is 5.11 Å². The van der Waals surface area contributed by atoms with Gasteiger partial charge in [-0.1, -0.05) is 13.8 Å². The number of aliphatic hydroxyl groups excluding tert-OH is 1. The van der Waals surface area contributed by atoms with E-state index in [-0.39, 0.29) is 6.10 Å². The normalized spacial score (nSPS) is 43.6. The van der Waals surface area contributed by atoms with Crippen molar-refractivity contribution in [2.45, 2.75) is 70.9 Å². The van der Waals surface area contributed by atoms with Crippen LogP contribution in [-0.4, -0.2) is 23.8 Å². The van der Waals surface area contributed by atoms with E-state index in [4.69, 9.17) is 0 Å². The highest BCUT2D eigenvalue weighted by Gasteiger charge is 2.25. The van der Waals surface area contributed by atoms with Gasteiger partial charge in [-0.05, 0) is 69.2 Å². The van der Waals surface area contributed by atoms with E-state index in [1.54, 1.807) is 0 Å². The number of nitrogens with one attached hydrogen (secondary N) is 1. The van der Waals surface area contributed by atoms with Crippen molar-refractivity contribution >= 4 is 0 Å². The predicted octanol–water partition coefficient (Wildman–Crippen LogP) is 2.95. The van der Waals surface area contributed by atoms with Gasteiger partial charge in [0.05, 0.1) is 6.10 Å². The summed E-state index contributed by atoms with van der Waals surface area (Å²) in [6.45, 7) is 5.97. The Bertz CT molecular complexity index is 223. The molecule has 0 aromatic carbocycles. The van der Waals surface area contributed by atoms with Crippen LogP contribution in [0.5, 0.6) is 0 Å². The summed E-state index contributed by atoms with van der Waals surface area (Å²) in [5.41, 5.74) is 0. The third-order valence-electron chi connectivity index (χ3n) is 5.11. The highest BCUT2D eigenvalue weighted by atomic mass is 16.3. The minimum Gasteiger partial charge on any atom is -0.393 e. The molecule has 0 saturated heterocycles. The smallest absolute Gasteiger partial charge is 0.0540 e. The molecule has 3 atom stereocenters. The van der Waals surface area contributed by atoms with E-state index in [9.17, 15) is 5.11 Å². The Morgan fingerprint density at radius 3 is 2.29 bits per heavy atom. The van der Waals surface area contributed by atoms with Gasteiger partial charge in [0, 0.05) is 6.04 Å². The summed E-state index contributed by atoms with van der Waals surface area (Å²) in [4.78, 5) is 0.